The Morgan fingerprint density at radius 3 is 2.58 bits per heavy atom. The second-order valence-corrected chi connectivity index (χ2v) is 7.43. The molecule has 1 aromatic carbocycles. The molecule has 1 aliphatic heterocycles. The lowest BCUT2D eigenvalue weighted by Gasteiger charge is -2.17. The van der Waals surface area contributed by atoms with Gasteiger partial charge in [0.25, 0.3) is 5.91 Å². The fourth-order valence-electron chi connectivity index (χ4n) is 3.59. The molecule has 0 aliphatic carbocycles. The number of nitrogens with one attached hydrogen (secondary N) is 1. The maximum atomic E-state index is 12.9. The van der Waals surface area contributed by atoms with Crippen LogP contribution >= 0.6 is 24.0 Å². The van der Waals surface area contributed by atoms with Crippen molar-refractivity contribution >= 4 is 52.3 Å². The van der Waals surface area contributed by atoms with Crippen molar-refractivity contribution in [2.75, 3.05) is 18.4 Å². The Balaban J connectivity index is 0.00000272. The third kappa shape index (κ3) is 4.83. The Hall–Kier alpha value is -2.65. The zero-order valence-electron chi connectivity index (χ0n) is 16.4. The molecule has 1 N–H and O–H groups in total. The average molecular weight is 475 g/mol. The van der Waals surface area contributed by atoms with E-state index in [0.717, 1.165) is 37.5 Å². The van der Waals surface area contributed by atoms with Gasteiger partial charge in [-0.3, -0.25) is 4.79 Å². The van der Waals surface area contributed by atoms with E-state index < -0.39 is 12.1 Å². The van der Waals surface area contributed by atoms with Gasteiger partial charge < -0.3 is 19.5 Å². The predicted molar refractivity (Wildman–Crippen MR) is 115 cm³/mol. The summed E-state index contributed by atoms with van der Waals surface area (Å²) in [6.07, 6.45) is 0.501. The summed E-state index contributed by atoms with van der Waals surface area (Å²) in [6.45, 7) is 1.46. The molecule has 0 bridgehead atoms. The molecule has 2 aromatic heterocycles. The number of alkyl halides is 3. The van der Waals surface area contributed by atoms with Gasteiger partial charge in [-0.1, -0.05) is 11.6 Å². The van der Waals surface area contributed by atoms with Gasteiger partial charge in [-0.15, -0.1) is 25.6 Å². The van der Waals surface area contributed by atoms with Crippen LogP contribution in [-0.4, -0.2) is 39.8 Å². The van der Waals surface area contributed by atoms with Gasteiger partial charge in [0.2, 0.25) is 0 Å². The highest BCUT2D eigenvalue weighted by Crippen LogP contribution is 2.34. The molecule has 0 atom stereocenters. The number of halogens is 5. The van der Waals surface area contributed by atoms with E-state index in [9.17, 15) is 18.0 Å². The van der Waals surface area contributed by atoms with Crippen LogP contribution in [-0.2, 0) is 7.05 Å². The lowest BCUT2D eigenvalue weighted by Crippen LogP contribution is -2.28. The average Bonchev–Trinajstić information content (AvgIpc) is 3.34. The lowest BCUT2D eigenvalue weighted by atomic mass is 10.1. The van der Waals surface area contributed by atoms with Crippen molar-refractivity contribution in [1.29, 1.82) is 0 Å². The zero-order chi connectivity index (χ0) is 21.5. The number of hydrogen-bond donors (Lipinski definition) is 1. The minimum Gasteiger partial charge on any atom is -0.404 e. The Morgan fingerprint density at radius 2 is 1.94 bits per heavy atom. The maximum absolute atomic E-state index is 12.9. The number of carbonyl (C=O) groups is 1. The number of fused-ring (bicyclic) bond motifs is 1. The van der Waals surface area contributed by atoms with Crippen LogP contribution in [0, 0.1) is 0 Å². The van der Waals surface area contributed by atoms with Crippen LogP contribution in [0.15, 0.2) is 36.7 Å². The number of amides is 1. The molecule has 11 heteroatoms. The number of aryl methyl sites for hydroxylation is 1. The zero-order valence-corrected chi connectivity index (χ0v) is 17.9. The van der Waals surface area contributed by atoms with E-state index in [0.29, 0.717) is 22.5 Å². The molecule has 166 valence electrons. The highest BCUT2D eigenvalue weighted by atomic mass is 35.5. The number of aromatic nitrogens is 2. The fourth-order valence-corrected chi connectivity index (χ4v) is 3.80. The van der Waals surface area contributed by atoms with Crippen molar-refractivity contribution in [3.05, 3.63) is 47.2 Å². The predicted octanol–water partition coefficient (Wildman–Crippen LogP) is 5.53. The Kier molecular flexibility index (Phi) is 6.56. The molecule has 31 heavy (non-hydrogen) atoms. The number of rotatable bonds is 4. The lowest BCUT2D eigenvalue weighted by molar-refractivity contribution is -0.274. The normalized spacial score (nSPS) is 13.9. The fraction of sp³-hybridized carbons (Fsp3) is 0.300. The molecule has 0 saturated carbocycles. The summed E-state index contributed by atoms with van der Waals surface area (Å²) in [7, 11) is 1.84. The van der Waals surface area contributed by atoms with E-state index in [4.69, 9.17) is 11.6 Å². The molecular formula is C20H19Cl2F3N4O2. The van der Waals surface area contributed by atoms with Crippen molar-refractivity contribution in [3.63, 3.8) is 0 Å². The number of hydrogen-bond acceptors (Lipinski definition) is 4. The van der Waals surface area contributed by atoms with Crippen LogP contribution in [0.25, 0.3) is 10.9 Å². The number of benzene rings is 1. The number of ether oxygens (including phenoxy) is 1. The molecule has 1 aliphatic rings. The molecule has 0 spiro atoms. The minimum atomic E-state index is -4.83. The Bertz CT molecular complexity index is 1110. The van der Waals surface area contributed by atoms with Crippen molar-refractivity contribution in [2.45, 2.75) is 19.2 Å². The monoisotopic (exact) mass is 474 g/mol. The van der Waals surface area contributed by atoms with Gasteiger partial charge in [0.15, 0.2) is 0 Å². The van der Waals surface area contributed by atoms with Crippen LogP contribution in [0.1, 0.15) is 23.2 Å². The highest BCUT2D eigenvalue weighted by molar-refractivity contribution is 6.32. The number of anilines is 2. The van der Waals surface area contributed by atoms with Gasteiger partial charge in [-0.05, 0) is 37.1 Å². The molecular weight excluding hydrogens is 456 g/mol. The van der Waals surface area contributed by atoms with E-state index >= 15 is 0 Å². The Labute approximate surface area is 187 Å². The highest BCUT2D eigenvalue weighted by Gasteiger charge is 2.32. The molecule has 0 unspecified atom stereocenters. The largest absolute Gasteiger partial charge is 0.573 e. The van der Waals surface area contributed by atoms with Gasteiger partial charge >= 0.3 is 6.36 Å². The Morgan fingerprint density at radius 1 is 1.23 bits per heavy atom. The first-order chi connectivity index (χ1) is 14.2. The maximum Gasteiger partial charge on any atom is 0.573 e. The van der Waals surface area contributed by atoms with E-state index in [-0.39, 0.29) is 23.3 Å². The molecule has 0 radical (unpaired) electrons. The molecule has 1 amide bonds. The smallest absolute Gasteiger partial charge is 0.404 e. The second kappa shape index (κ2) is 8.84. The summed E-state index contributed by atoms with van der Waals surface area (Å²) in [4.78, 5) is 19.1. The first-order valence-electron chi connectivity index (χ1n) is 9.28. The van der Waals surface area contributed by atoms with E-state index in [2.05, 4.69) is 15.0 Å². The van der Waals surface area contributed by atoms with Gasteiger partial charge in [-0.25, -0.2) is 4.98 Å². The van der Waals surface area contributed by atoms with Crippen LogP contribution in [0.5, 0.6) is 5.75 Å². The molecule has 1 saturated heterocycles. The standard InChI is InChI=1S/C20H18ClF3N4O2.ClH/c1-27-9-6-13-17(27)14(19(29)28-7-2-3-8-28)11-25-18(13)26-12-4-5-16(15(21)10-12)30-20(22,23)24;/h4-6,9-11H,2-3,7-8H2,1H3,(H,25,26);1H. The number of nitrogens with zero attached hydrogens (tertiary/aromatic N) is 3. The van der Waals surface area contributed by atoms with Crippen molar-refractivity contribution in [1.82, 2.24) is 14.5 Å². The van der Waals surface area contributed by atoms with E-state index in [1.165, 1.54) is 18.3 Å². The summed E-state index contributed by atoms with van der Waals surface area (Å²) < 4.78 is 43.0. The first-order valence-corrected chi connectivity index (χ1v) is 9.66. The topological polar surface area (TPSA) is 59.4 Å². The summed E-state index contributed by atoms with van der Waals surface area (Å²) in [5.41, 5.74) is 1.68. The van der Waals surface area contributed by atoms with Crippen LogP contribution in [0.2, 0.25) is 5.02 Å². The number of carbonyl (C=O) groups excluding carboxylic acids is 1. The molecule has 3 heterocycles. The summed E-state index contributed by atoms with van der Waals surface area (Å²) in [6, 6.07) is 5.69. The molecule has 6 nitrogen and oxygen atoms in total. The van der Waals surface area contributed by atoms with Gasteiger partial charge in [0.1, 0.15) is 11.6 Å². The SMILES string of the molecule is Cl.Cn1ccc2c(Nc3ccc(OC(F)(F)F)c(Cl)c3)ncc(C(=O)N3CCCC3)c21. The molecule has 3 aromatic rings. The van der Waals surface area contributed by atoms with Gasteiger partial charge in [-0.2, -0.15) is 0 Å². The van der Waals surface area contributed by atoms with Crippen LogP contribution < -0.4 is 10.1 Å². The summed E-state index contributed by atoms with van der Waals surface area (Å²) in [5.74, 6) is -0.0849. The van der Waals surface area contributed by atoms with Crippen molar-refractivity contribution < 1.29 is 22.7 Å². The number of likely N-dealkylation sites (tertiary alicyclic amines) is 1. The van der Waals surface area contributed by atoms with Gasteiger partial charge in [0, 0.05) is 43.6 Å². The quantitative estimate of drug-likeness (QED) is 0.540. The van der Waals surface area contributed by atoms with Crippen LogP contribution in [0.3, 0.4) is 0 Å². The second-order valence-electron chi connectivity index (χ2n) is 7.03. The van der Waals surface area contributed by atoms with Crippen molar-refractivity contribution in [2.24, 2.45) is 7.05 Å². The van der Waals surface area contributed by atoms with E-state index in [1.807, 2.05) is 28.8 Å². The van der Waals surface area contributed by atoms with Crippen molar-refractivity contribution in [3.8, 4) is 5.75 Å². The summed E-state index contributed by atoms with van der Waals surface area (Å²) >= 11 is 5.92. The van der Waals surface area contributed by atoms with E-state index in [1.54, 1.807) is 0 Å². The third-order valence-corrected chi connectivity index (χ3v) is 5.24. The van der Waals surface area contributed by atoms with Gasteiger partial charge in [0.05, 0.1) is 16.1 Å². The third-order valence-electron chi connectivity index (χ3n) is 4.95. The summed E-state index contributed by atoms with van der Waals surface area (Å²) in [5, 5.41) is 3.58. The molecule has 4 rings (SSSR count). The minimum absolute atomic E-state index is 0. The van der Waals surface area contributed by atoms with Crippen LogP contribution in [0.4, 0.5) is 24.7 Å². The molecule has 1 fully saturated rings. The first kappa shape index (κ1) is 23.0. The number of pyridine rings is 1.